The molecule has 4 aromatic heterocycles. The number of carbonyl (C=O) groups is 1. The Morgan fingerprint density at radius 3 is 2.86 bits per heavy atom. The second kappa shape index (κ2) is 6.54. The van der Waals surface area contributed by atoms with Crippen LogP contribution in [0, 0.1) is 6.92 Å². The van der Waals surface area contributed by atoms with Crippen molar-refractivity contribution >= 4 is 53.8 Å². The Bertz CT molecular complexity index is 1430. The molecule has 0 spiro atoms. The van der Waals surface area contributed by atoms with Gasteiger partial charge in [0.2, 0.25) is 0 Å². The van der Waals surface area contributed by atoms with E-state index in [4.69, 9.17) is 4.74 Å². The average molecular weight is 406 g/mol. The summed E-state index contributed by atoms with van der Waals surface area (Å²) in [6.45, 7) is 1.88. The lowest BCUT2D eigenvalue weighted by atomic mass is 10.2. The van der Waals surface area contributed by atoms with Crippen molar-refractivity contribution in [2.75, 3.05) is 0 Å². The normalized spacial score (nSPS) is 11.5. The maximum absolute atomic E-state index is 12.5. The molecular formula is C21H14N2O3S2. The molecule has 5 aromatic rings. The molecule has 0 atom stereocenters. The summed E-state index contributed by atoms with van der Waals surface area (Å²) in [4.78, 5) is 29.7. The van der Waals surface area contributed by atoms with Crippen LogP contribution in [0.25, 0.3) is 25.1 Å². The summed E-state index contributed by atoms with van der Waals surface area (Å²) in [5, 5.41) is 1.16. The summed E-state index contributed by atoms with van der Waals surface area (Å²) in [7, 11) is 0. The van der Waals surface area contributed by atoms with Crippen molar-refractivity contribution in [3.05, 3.63) is 81.2 Å². The minimum absolute atomic E-state index is 0.0370. The molecule has 0 fully saturated rings. The molecule has 28 heavy (non-hydrogen) atoms. The van der Waals surface area contributed by atoms with E-state index in [1.807, 2.05) is 31.2 Å². The molecule has 0 aliphatic heterocycles. The molecule has 138 valence electrons. The fraction of sp³-hybridized carbons (Fsp3) is 0.0952. The molecular weight excluding hydrogens is 392 g/mol. The van der Waals surface area contributed by atoms with E-state index in [1.165, 1.54) is 26.5 Å². The largest absolute Gasteiger partial charge is 0.455 e. The Hall–Kier alpha value is -3.03. The maximum Gasteiger partial charge on any atom is 0.348 e. The summed E-state index contributed by atoms with van der Waals surface area (Å²) >= 11 is 3.10. The van der Waals surface area contributed by atoms with Crippen molar-refractivity contribution in [3.63, 3.8) is 0 Å². The summed E-state index contributed by atoms with van der Waals surface area (Å²) in [5.74, 6) is -0.400. The van der Waals surface area contributed by atoms with Crippen LogP contribution in [0.3, 0.4) is 0 Å². The predicted octanol–water partition coefficient (Wildman–Crippen LogP) is 4.79. The Kier molecular flexibility index (Phi) is 3.99. The van der Waals surface area contributed by atoms with Gasteiger partial charge in [-0.25, -0.2) is 9.78 Å². The van der Waals surface area contributed by atoms with Crippen LogP contribution in [0.1, 0.15) is 20.9 Å². The van der Waals surface area contributed by atoms with Gasteiger partial charge in [-0.3, -0.25) is 9.20 Å². The lowest BCUT2D eigenvalue weighted by Gasteiger charge is -2.05. The van der Waals surface area contributed by atoms with E-state index in [-0.39, 0.29) is 12.2 Å². The van der Waals surface area contributed by atoms with Crippen molar-refractivity contribution in [1.29, 1.82) is 0 Å². The summed E-state index contributed by atoms with van der Waals surface area (Å²) < 4.78 is 10.3. The number of aryl methyl sites for hydroxylation is 1. The molecule has 0 radical (unpaired) electrons. The van der Waals surface area contributed by atoms with Crippen molar-refractivity contribution in [3.8, 4) is 0 Å². The first-order valence-electron chi connectivity index (χ1n) is 8.66. The fourth-order valence-corrected chi connectivity index (χ4v) is 5.56. The first kappa shape index (κ1) is 17.1. The average Bonchev–Trinajstić information content (AvgIpc) is 3.25. The molecule has 1 aromatic carbocycles. The van der Waals surface area contributed by atoms with Crippen molar-refractivity contribution in [2.45, 2.75) is 13.5 Å². The molecule has 0 saturated heterocycles. The minimum atomic E-state index is -0.400. The highest BCUT2D eigenvalue weighted by Crippen LogP contribution is 2.39. The number of hydrogen-bond donors (Lipinski definition) is 0. The van der Waals surface area contributed by atoms with E-state index in [0.29, 0.717) is 16.2 Å². The Balaban J connectivity index is 1.40. The fourth-order valence-electron chi connectivity index (χ4n) is 3.14. The number of aromatic nitrogens is 2. The van der Waals surface area contributed by atoms with Gasteiger partial charge in [0, 0.05) is 27.0 Å². The number of rotatable bonds is 3. The molecule has 0 N–H and O–H groups in total. The van der Waals surface area contributed by atoms with Gasteiger partial charge >= 0.3 is 5.97 Å². The van der Waals surface area contributed by atoms with Crippen molar-refractivity contribution in [2.24, 2.45) is 0 Å². The van der Waals surface area contributed by atoms with Crippen molar-refractivity contribution in [1.82, 2.24) is 9.38 Å². The van der Waals surface area contributed by atoms with E-state index in [2.05, 4.69) is 17.1 Å². The van der Waals surface area contributed by atoms with E-state index < -0.39 is 5.97 Å². The van der Waals surface area contributed by atoms with Crippen molar-refractivity contribution < 1.29 is 9.53 Å². The lowest BCUT2D eigenvalue weighted by Crippen LogP contribution is -2.16. The molecule has 0 saturated carbocycles. The second-order valence-electron chi connectivity index (χ2n) is 6.50. The van der Waals surface area contributed by atoms with Gasteiger partial charge in [0.25, 0.3) is 5.56 Å². The van der Waals surface area contributed by atoms with Crippen LogP contribution >= 0.6 is 22.7 Å². The number of fused-ring (bicyclic) bond motifs is 4. The van der Waals surface area contributed by atoms with E-state index in [0.717, 1.165) is 20.3 Å². The molecule has 5 rings (SSSR count). The van der Waals surface area contributed by atoms with E-state index >= 15 is 0 Å². The molecule has 5 nitrogen and oxygen atoms in total. The molecule has 0 amide bonds. The predicted molar refractivity (Wildman–Crippen MR) is 113 cm³/mol. The van der Waals surface area contributed by atoms with Gasteiger partial charge in [0.05, 0.1) is 10.4 Å². The first-order valence-corrected chi connectivity index (χ1v) is 10.3. The van der Waals surface area contributed by atoms with Crippen LogP contribution in [0.5, 0.6) is 0 Å². The molecule has 0 unspecified atom stereocenters. The Morgan fingerprint density at radius 1 is 1.11 bits per heavy atom. The number of pyridine rings is 1. The summed E-state index contributed by atoms with van der Waals surface area (Å²) in [5.41, 5.74) is 1.75. The van der Waals surface area contributed by atoms with Crippen LogP contribution < -0.4 is 5.56 Å². The molecule has 0 aliphatic rings. The topological polar surface area (TPSA) is 60.7 Å². The summed E-state index contributed by atoms with van der Waals surface area (Å²) in [6.07, 6.45) is 1.74. The number of nitrogens with zero attached hydrogens (tertiary/aromatic N) is 2. The SMILES string of the molecule is Cc1ccc2nc(COC(=O)c3cc4sc5ccccc5c4s3)cc(=O)n2c1. The zero-order valence-corrected chi connectivity index (χ0v) is 16.5. The summed E-state index contributed by atoms with van der Waals surface area (Å²) in [6, 6.07) is 15.1. The highest BCUT2D eigenvalue weighted by Gasteiger charge is 2.16. The van der Waals surface area contributed by atoms with Gasteiger partial charge in [0.1, 0.15) is 17.1 Å². The van der Waals surface area contributed by atoms with Crippen LogP contribution in [0.2, 0.25) is 0 Å². The van der Waals surface area contributed by atoms with Crippen LogP contribution in [0.15, 0.2) is 59.5 Å². The quantitative estimate of drug-likeness (QED) is 0.404. The smallest absolute Gasteiger partial charge is 0.348 e. The van der Waals surface area contributed by atoms with Gasteiger partial charge in [-0.05, 0) is 30.7 Å². The van der Waals surface area contributed by atoms with Crippen LogP contribution in [0.4, 0.5) is 0 Å². The third-order valence-corrected chi connectivity index (χ3v) is 6.86. The minimum Gasteiger partial charge on any atom is -0.455 e. The zero-order chi connectivity index (χ0) is 19.3. The van der Waals surface area contributed by atoms with E-state index in [1.54, 1.807) is 23.6 Å². The maximum atomic E-state index is 12.5. The third kappa shape index (κ3) is 2.89. The monoisotopic (exact) mass is 406 g/mol. The van der Waals surface area contributed by atoms with Gasteiger partial charge in [-0.2, -0.15) is 0 Å². The third-order valence-electron chi connectivity index (χ3n) is 4.46. The number of esters is 1. The molecule has 0 bridgehead atoms. The highest BCUT2D eigenvalue weighted by atomic mass is 32.1. The first-order chi connectivity index (χ1) is 13.6. The molecule has 0 aliphatic carbocycles. The van der Waals surface area contributed by atoms with Crippen LogP contribution in [-0.2, 0) is 11.3 Å². The molecule has 7 heteroatoms. The highest BCUT2D eigenvalue weighted by molar-refractivity contribution is 7.33. The van der Waals surface area contributed by atoms with Gasteiger partial charge in [-0.1, -0.05) is 24.3 Å². The van der Waals surface area contributed by atoms with Crippen LogP contribution in [-0.4, -0.2) is 15.4 Å². The Labute approximate surface area is 167 Å². The number of benzene rings is 1. The standard InChI is InChI=1S/C21H14N2O3S2/c1-12-6-7-18-22-13(8-19(24)23(18)10-12)11-26-21(25)17-9-16-20(28-17)14-4-2-3-5-15(14)27-16/h2-10H,11H2,1H3. The lowest BCUT2D eigenvalue weighted by molar-refractivity contribution is 0.0473. The number of thiophene rings is 2. The van der Waals surface area contributed by atoms with Gasteiger partial charge in [0.15, 0.2) is 0 Å². The van der Waals surface area contributed by atoms with Gasteiger partial charge < -0.3 is 4.74 Å². The second-order valence-corrected chi connectivity index (χ2v) is 8.63. The number of carbonyl (C=O) groups excluding carboxylic acids is 1. The number of hydrogen-bond acceptors (Lipinski definition) is 6. The van der Waals surface area contributed by atoms with Gasteiger partial charge in [-0.15, -0.1) is 22.7 Å². The molecule has 4 heterocycles. The number of ether oxygens (including phenoxy) is 1. The van der Waals surface area contributed by atoms with E-state index in [9.17, 15) is 9.59 Å². The zero-order valence-electron chi connectivity index (χ0n) is 14.8. The Morgan fingerprint density at radius 2 is 1.96 bits per heavy atom.